The van der Waals surface area contributed by atoms with Gasteiger partial charge in [0.2, 0.25) is 0 Å². The van der Waals surface area contributed by atoms with Crippen molar-refractivity contribution in [2.75, 3.05) is 26.7 Å². The Kier molecular flexibility index (Phi) is 6.33. The molecule has 0 amide bonds. The van der Waals surface area contributed by atoms with E-state index in [4.69, 9.17) is 10.2 Å². The van der Waals surface area contributed by atoms with Gasteiger partial charge >= 0.3 is 0 Å². The molecule has 3 unspecified atom stereocenters. The molecule has 0 saturated carbocycles. The second-order valence-electron chi connectivity index (χ2n) is 3.87. The van der Waals surface area contributed by atoms with Gasteiger partial charge < -0.3 is 20.2 Å². The first kappa shape index (κ1) is 12.9. The average molecular weight is 189 g/mol. The Hall–Kier alpha value is -0.0951. The number of likely N-dealkylation sites (N-methyl/N-ethyl adjacent to an activating group) is 1. The normalized spacial score (nSPS) is 18.6. The fraction of sp³-hybridized carbons (Fsp3) is 1.00. The monoisotopic (exact) mass is 189 g/mol. The van der Waals surface area contributed by atoms with Gasteiger partial charge in [0.1, 0.15) is 7.85 Å². The van der Waals surface area contributed by atoms with Crippen LogP contribution in [-0.2, 0) is 0 Å². The standard InChI is InChI=1S/C8H20BNO3/c1-6(9)8(13)4-10(2)3-7(12)5-11/h6-8,11-13H,3-5,9H2,1-2H3. The van der Waals surface area contributed by atoms with Crippen LogP contribution < -0.4 is 0 Å². The predicted octanol–water partition coefficient (Wildman–Crippen LogP) is -1.93. The molecule has 0 aromatic heterocycles. The van der Waals surface area contributed by atoms with Crippen molar-refractivity contribution in [2.24, 2.45) is 0 Å². The van der Waals surface area contributed by atoms with Crippen LogP contribution in [0.5, 0.6) is 0 Å². The molecule has 0 heterocycles. The molecule has 0 spiro atoms. The van der Waals surface area contributed by atoms with Crippen LogP contribution in [0.15, 0.2) is 0 Å². The molecule has 5 heteroatoms. The van der Waals surface area contributed by atoms with Crippen LogP contribution in [0.1, 0.15) is 6.92 Å². The van der Waals surface area contributed by atoms with Crippen LogP contribution in [0.3, 0.4) is 0 Å². The summed E-state index contributed by atoms with van der Waals surface area (Å²) in [6.07, 6.45) is -1.10. The van der Waals surface area contributed by atoms with Gasteiger partial charge in [0, 0.05) is 13.1 Å². The Bertz CT molecular complexity index is 135. The molecule has 4 nitrogen and oxygen atoms in total. The lowest BCUT2D eigenvalue weighted by molar-refractivity contribution is 0.0488. The zero-order valence-corrected chi connectivity index (χ0v) is 8.64. The third-order valence-corrected chi connectivity index (χ3v) is 2.00. The molecule has 3 N–H and O–H groups in total. The molecule has 0 aliphatic heterocycles. The lowest BCUT2D eigenvalue weighted by Crippen LogP contribution is -2.37. The maximum absolute atomic E-state index is 9.50. The number of nitrogens with zero attached hydrogens (tertiary/aromatic N) is 1. The van der Waals surface area contributed by atoms with E-state index in [1.165, 1.54) is 0 Å². The third kappa shape index (κ3) is 6.04. The highest BCUT2D eigenvalue weighted by molar-refractivity contribution is 6.11. The van der Waals surface area contributed by atoms with E-state index >= 15 is 0 Å². The molecule has 78 valence electrons. The van der Waals surface area contributed by atoms with Crippen LogP contribution >= 0.6 is 0 Å². The summed E-state index contributed by atoms with van der Waals surface area (Å²) in [5, 5.41) is 27.2. The number of hydrogen-bond acceptors (Lipinski definition) is 4. The summed E-state index contributed by atoms with van der Waals surface area (Å²) in [4.78, 5) is 1.81. The van der Waals surface area contributed by atoms with E-state index in [1.54, 1.807) is 0 Å². The molecule has 0 aromatic carbocycles. The lowest BCUT2D eigenvalue weighted by Gasteiger charge is -2.24. The molecule has 0 radical (unpaired) electrons. The first-order valence-corrected chi connectivity index (χ1v) is 4.63. The summed E-state index contributed by atoms with van der Waals surface area (Å²) < 4.78 is 0. The Morgan fingerprint density at radius 2 is 1.85 bits per heavy atom. The number of aliphatic hydroxyl groups is 3. The summed E-state index contributed by atoms with van der Waals surface area (Å²) in [6.45, 7) is 2.62. The van der Waals surface area contributed by atoms with Gasteiger partial charge in [-0.3, -0.25) is 0 Å². The molecule has 0 aromatic rings. The largest absolute Gasteiger partial charge is 0.394 e. The van der Waals surface area contributed by atoms with Gasteiger partial charge in [0.25, 0.3) is 0 Å². The molecule has 13 heavy (non-hydrogen) atoms. The SMILES string of the molecule is BC(C)C(O)CN(C)CC(O)CO. The van der Waals surface area contributed by atoms with Crippen molar-refractivity contribution in [2.45, 2.75) is 24.9 Å². The molecule has 0 rings (SSSR count). The van der Waals surface area contributed by atoms with Crippen molar-refractivity contribution in [3.8, 4) is 0 Å². The highest BCUT2D eigenvalue weighted by Crippen LogP contribution is 2.05. The van der Waals surface area contributed by atoms with Crippen LogP contribution in [0.2, 0.25) is 5.82 Å². The topological polar surface area (TPSA) is 63.9 Å². The van der Waals surface area contributed by atoms with E-state index in [0.717, 1.165) is 0 Å². The Morgan fingerprint density at radius 3 is 2.23 bits per heavy atom. The summed E-state index contributed by atoms with van der Waals surface area (Å²) in [5.74, 6) is 0.216. The minimum Gasteiger partial charge on any atom is -0.394 e. The Morgan fingerprint density at radius 1 is 1.31 bits per heavy atom. The van der Waals surface area contributed by atoms with E-state index in [0.29, 0.717) is 13.1 Å². The van der Waals surface area contributed by atoms with Gasteiger partial charge in [-0.15, -0.1) is 0 Å². The van der Waals surface area contributed by atoms with Gasteiger partial charge in [-0.1, -0.05) is 6.92 Å². The van der Waals surface area contributed by atoms with Gasteiger partial charge in [0.15, 0.2) is 0 Å². The van der Waals surface area contributed by atoms with Gasteiger partial charge in [-0.2, -0.15) is 0 Å². The average Bonchev–Trinajstić information content (AvgIpc) is 2.03. The summed E-state index contributed by atoms with van der Waals surface area (Å²) >= 11 is 0. The van der Waals surface area contributed by atoms with Crippen molar-refractivity contribution >= 4 is 7.85 Å². The molecule has 3 atom stereocenters. The Balaban J connectivity index is 3.67. The van der Waals surface area contributed by atoms with E-state index in [9.17, 15) is 5.11 Å². The number of hydrogen-bond donors (Lipinski definition) is 3. The zero-order valence-electron chi connectivity index (χ0n) is 8.64. The quantitative estimate of drug-likeness (QED) is 0.426. The van der Waals surface area contributed by atoms with E-state index in [-0.39, 0.29) is 18.5 Å². The fourth-order valence-electron chi connectivity index (χ4n) is 1.02. The van der Waals surface area contributed by atoms with E-state index in [1.807, 2.05) is 26.7 Å². The summed E-state index contributed by atoms with van der Waals surface area (Å²) in [6, 6.07) is 0. The molecular weight excluding hydrogens is 169 g/mol. The third-order valence-electron chi connectivity index (χ3n) is 2.00. The number of aliphatic hydroxyl groups excluding tert-OH is 3. The van der Waals surface area contributed by atoms with Crippen LogP contribution in [0.4, 0.5) is 0 Å². The maximum Gasteiger partial charge on any atom is 0.108 e. The smallest absolute Gasteiger partial charge is 0.108 e. The van der Waals surface area contributed by atoms with Gasteiger partial charge in [-0.05, 0) is 12.9 Å². The Labute approximate surface area is 80.6 Å². The summed E-state index contributed by atoms with van der Waals surface area (Å²) in [5.41, 5.74) is 0. The second kappa shape index (κ2) is 6.37. The first-order valence-electron chi connectivity index (χ1n) is 4.63. The minimum absolute atomic E-state index is 0.216. The van der Waals surface area contributed by atoms with Gasteiger partial charge in [0.05, 0.1) is 18.8 Å². The molecular formula is C8H20BNO3. The molecule has 0 bridgehead atoms. The second-order valence-corrected chi connectivity index (χ2v) is 3.87. The molecule has 0 aliphatic carbocycles. The molecule has 0 aliphatic rings. The lowest BCUT2D eigenvalue weighted by atomic mass is 9.84. The predicted molar refractivity (Wildman–Crippen MR) is 54.6 cm³/mol. The fourth-order valence-corrected chi connectivity index (χ4v) is 1.02. The highest BCUT2D eigenvalue weighted by atomic mass is 16.3. The zero-order chi connectivity index (χ0) is 10.4. The van der Waals surface area contributed by atoms with Crippen molar-refractivity contribution in [3.05, 3.63) is 0 Å². The van der Waals surface area contributed by atoms with E-state index < -0.39 is 6.10 Å². The van der Waals surface area contributed by atoms with Gasteiger partial charge in [-0.25, -0.2) is 0 Å². The van der Waals surface area contributed by atoms with E-state index in [2.05, 4.69) is 0 Å². The molecule has 0 fully saturated rings. The summed E-state index contributed by atoms with van der Waals surface area (Å²) in [7, 11) is 3.76. The first-order chi connectivity index (χ1) is 5.97. The van der Waals surface area contributed by atoms with Crippen molar-refractivity contribution in [3.63, 3.8) is 0 Å². The van der Waals surface area contributed by atoms with Crippen LogP contribution in [-0.4, -0.2) is 67.0 Å². The highest BCUT2D eigenvalue weighted by Gasteiger charge is 2.13. The molecule has 0 saturated heterocycles. The van der Waals surface area contributed by atoms with Crippen LogP contribution in [0.25, 0.3) is 0 Å². The van der Waals surface area contributed by atoms with Crippen molar-refractivity contribution < 1.29 is 15.3 Å². The van der Waals surface area contributed by atoms with Crippen LogP contribution in [0, 0.1) is 0 Å². The number of rotatable bonds is 6. The minimum atomic E-state index is -0.718. The van der Waals surface area contributed by atoms with Crippen molar-refractivity contribution in [1.82, 2.24) is 4.90 Å². The van der Waals surface area contributed by atoms with Crippen molar-refractivity contribution in [1.29, 1.82) is 0 Å². The maximum atomic E-state index is 9.50.